The van der Waals surface area contributed by atoms with Crippen molar-refractivity contribution in [2.75, 3.05) is 5.32 Å². The minimum Gasteiger partial charge on any atom is -0.481 e. The Morgan fingerprint density at radius 2 is 1.86 bits per heavy atom. The van der Waals surface area contributed by atoms with Gasteiger partial charge in [0, 0.05) is 11.3 Å². The molecule has 0 fully saturated rings. The average Bonchev–Trinajstić information content (AvgIpc) is 2.79. The first-order chi connectivity index (χ1) is 10.4. The van der Waals surface area contributed by atoms with Gasteiger partial charge >= 0.3 is 5.97 Å². The summed E-state index contributed by atoms with van der Waals surface area (Å²) in [5, 5.41) is 11.7. The number of aryl methyl sites for hydroxylation is 2. The first-order valence-electron chi connectivity index (χ1n) is 7.07. The number of anilines is 1. The quantitative estimate of drug-likeness (QED) is 0.887. The lowest BCUT2D eigenvalue weighted by molar-refractivity contribution is -0.141. The van der Waals surface area contributed by atoms with Gasteiger partial charge in [0.05, 0.1) is 5.92 Å². The highest BCUT2D eigenvalue weighted by Crippen LogP contribution is 2.17. The molecule has 1 unspecified atom stereocenters. The molecule has 2 aromatic rings. The summed E-state index contributed by atoms with van der Waals surface area (Å²) in [5.41, 5.74) is 2.35. The van der Waals surface area contributed by atoms with Crippen molar-refractivity contribution in [2.24, 2.45) is 5.92 Å². The highest BCUT2D eigenvalue weighted by Gasteiger charge is 2.15. The minimum atomic E-state index is -0.818. The van der Waals surface area contributed by atoms with Gasteiger partial charge in [0.2, 0.25) is 0 Å². The van der Waals surface area contributed by atoms with Crippen LogP contribution in [0.3, 0.4) is 0 Å². The molecular formula is C17H19NO4. The van der Waals surface area contributed by atoms with Gasteiger partial charge in [-0.25, -0.2) is 0 Å². The third kappa shape index (κ3) is 3.75. The van der Waals surface area contributed by atoms with Gasteiger partial charge < -0.3 is 14.8 Å². The lowest BCUT2D eigenvalue weighted by Crippen LogP contribution is -2.13. The Hall–Kier alpha value is -2.56. The van der Waals surface area contributed by atoms with E-state index in [9.17, 15) is 9.59 Å². The van der Waals surface area contributed by atoms with E-state index in [1.807, 2.05) is 25.1 Å². The van der Waals surface area contributed by atoms with E-state index in [0.717, 1.165) is 11.1 Å². The van der Waals surface area contributed by atoms with Crippen LogP contribution >= 0.6 is 0 Å². The summed E-state index contributed by atoms with van der Waals surface area (Å²) in [7, 11) is 0. The number of hydrogen-bond donors (Lipinski definition) is 2. The molecule has 1 aromatic carbocycles. The van der Waals surface area contributed by atoms with E-state index >= 15 is 0 Å². The first kappa shape index (κ1) is 15.8. The summed E-state index contributed by atoms with van der Waals surface area (Å²) in [6, 6.07) is 8.95. The van der Waals surface area contributed by atoms with Crippen LogP contribution < -0.4 is 5.32 Å². The fourth-order valence-corrected chi connectivity index (χ4v) is 2.22. The normalized spacial score (nSPS) is 12.0. The first-order valence-corrected chi connectivity index (χ1v) is 7.07. The molecule has 1 amide bonds. The van der Waals surface area contributed by atoms with Crippen LogP contribution in [0.15, 0.2) is 34.7 Å². The smallest absolute Gasteiger partial charge is 0.306 e. The number of furan rings is 1. The lowest BCUT2D eigenvalue weighted by Gasteiger charge is -2.08. The SMILES string of the molecule is Cc1cc(C)c(C(=O)Nc2ccc(CC(C)C(=O)O)cc2)o1. The van der Waals surface area contributed by atoms with E-state index in [2.05, 4.69) is 5.32 Å². The Kier molecular flexibility index (Phi) is 4.65. The van der Waals surface area contributed by atoms with Gasteiger partial charge in [-0.05, 0) is 44.0 Å². The van der Waals surface area contributed by atoms with E-state index in [-0.39, 0.29) is 5.91 Å². The Morgan fingerprint density at radius 3 is 2.36 bits per heavy atom. The predicted molar refractivity (Wildman–Crippen MR) is 83.1 cm³/mol. The molecule has 5 heteroatoms. The number of nitrogens with one attached hydrogen (secondary N) is 1. The highest BCUT2D eigenvalue weighted by atomic mass is 16.4. The van der Waals surface area contributed by atoms with Crippen molar-refractivity contribution in [3.8, 4) is 0 Å². The second kappa shape index (κ2) is 6.47. The molecule has 0 bridgehead atoms. The topological polar surface area (TPSA) is 79.5 Å². The summed E-state index contributed by atoms with van der Waals surface area (Å²) in [5.74, 6) is -0.547. The molecule has 1 atom stereocenters. The number of rotatable bonds is 5. The summed E-state index contributed by atoms with van der Waals surface area (Å²) in [6.07, 6.45) is 0.458. The van der Waals surface area contributed by atoms with Gasteiger partial charge in [-0.2, -0.15) is 0 Å². The molecule has 0 saturated heterocycles. The summed E-state index contributed by atoms with van der Waals surface area (Å²) >= 11 is 0. The van der Waals surface area contributed by atoms with Gasteiger partial charge in [-0.15, -0.1) is 0 Å². The van der Waals surface area contributed by atoms with Gasteiger partial charge in [0.25, 0.3) is 5.91 Å². The fourth-order valence-electron chi connectivity index (χ4n) is 2.22. The van der Waals surface area contributed by atoms with E-state index in [1.54, 1.807) is 26.0 Å². The molecular weight excluding hydrogens is 282 g/mol. The molecule has 0 saturated carbocycles. The molecule has 2 rings (SSSR count). The van der Waals surface area contributed by atoms with Crippen molar-refractivity contribution in [3.63, 3.8) is 0 Å². The average molecular weight is 301 g/mol. The zero-order valence-electron chi connectivity index (χ0n) is 12.8. The Balaban J connectivity index is 2.03. The van der Waals surface area contributed by atoms with Crippen LogP contribution in [-0.4, -0.2) is 17.0 Å². The van der Waals surface area contributed by atoms with Crippen LogP contribution in [0.4, 0.5) is 5.69 Å². The molecule has 0 radical (unpaired) electrons. The van der Waals surface area contributed by atoms with Crippen LogP contribution in [0.25, 0.3) is 0 Å². The van der Waals surface area contributed by atoms with Crippen molar-refractivity contribution in [1.82, 2.24) is 0 Å². The standard InChI is InChI=1S/C17H19NO4/c1-10-8-12(3)22-15(10)16(19)18-14-6-4-13(5-7-14)9-11(2)17(20)21/h4-8,11H,9H2,1-3H3,(H,18,19)(H,20,21). The predicted octanol–water partition coefficient (Wildman–Crippen LogP) is 3.41. The molecule has 0 spiro atoms. The molecule has 5 nitrogen and oxygen atoms in total. The van der Waals surface area contributed by atoms with E-state index < -0.39 is 11.9 Å². The number of carbonyl (C=O) groups is 2. The maximum atomic E-state index is 12.1. The van der Waals surface area contributed by atoms with Gasteiger partial charge in [0.15, 0.2) is 5.76 Å². The summed E-state index contributed by atoms with van der Waals surface area (Å²) in [6.45, 7) is 5.28. The summed E-state index contributed by atoms with van der Waals surface area (Å²) in [4.78, 5) is 23.0. The van der Waals surface area contributed by atoms with Crippen molar-refractivity contribution in [2.45, 2.75) is 27.2 Å². The Labute approximate surface area is 129 Å². The minimum absolute atomic E-state index is 0.294. The molecule has 2 N–H and O–H groups in total. The maximum Gasteiger partial charge on any atom is 0.306 e. The van der Waals surface area contributed by atoms with Crippen molar-refractivity contribution in [3.05, 3.63) is 53.0 Å². The van der Waals surface area contributed by atoms with Gasteiger partial charge in [0.1, 0.15) is 5.76 Å². The number of carboxylic acid groups (broad SMARTS) is 1. The second-order valence-electron chi connectivity index (χ2n) is 5.46. The zero-order valence-corrected chi connectivity index (χ0v) is 12.8. The Bertz CT molecular complexity index is 685. The van der Waals surface area contributed by atoms with E-state index in [4.69, 9.17) is 9.52 Å². The number of amides is 1. The largest absolute Gasteiger partial charge is 0.481 e. The van der Waals surface area contributed by atoms with Crippen LogP contribution in [-0.2, 0) is 11.2 Å². The molecule has 0 aliphatic heterocycles. The van der Waals surface area contributed by atoms with Crippen LogP contribution in [0, 0.1) is 19.8 Å². The lowest BCUT2D eigenvalue weighted by atomic mass is 10.0. The molecule has 116 valence electrons. The maximum absolute atomic E-state index is 12.1. The molecule has 1 aromatic heterocycles. The monoisotopic (exact) mass is 301 g/mol. The Morgan fingerprint density at radius 1 is 1.23 bits per heavy atom. The van der Waals surface area contributed by atoms with Crippen LogP contribution in [0.2, 0.25) is 0 Å². The molecule has 22 heavy (non-hydrogen) atoms. The van der Waals surface area contributed by atoms with Crippen molar-refractivity contribution >= 4 is 17.6 Å². The fraction of sp³-hybridized carbons (Fsp3) is 0.294. The van der Waals surface area contributed by atoms with E-state index in [1.165, 1.54) is 0 Å². The van der Waals surface area contributed by atoms with Crippen molar-refractivity contribution in [1.29, 1.82) is 0 Å². The second-order valence-corrected chi connectivity index (χ2v) is 5.46. The third-order valence-electron chi connectivity index (χ3n) is 3.42. The summed E-state index contributed by atoms with van der Waals surface area (Å²) < 4.78 is 5.37. The van der Waals surface area contributed by atoms with Crippen LogP contribution in [0.5, 0.6) is 0 Å². The van der Waals surface area contributed by atoms with Gasteiger partial charge in [-0.1, -0.05) is 19.1 Å². The molecule has 0 aliphatic rings. The highest BCUT2D eigenvalue weighted by molar-refractivity contribution is 6.03. The third-order valence-corrected chi connectivity index (χ3v) is 3.42. The van der Waals surface area contributed by atoms with Crippen molar-refractivity contribution < 1.29 is 19.1 Å². The van der Waals surface area contributed by atoms with Gasteiger partial charge in [-0.3, -0.25) is 9.59 Å². The zero-order chi connectivity index (χ0) is 16.3. The number of carbonyl (C=O) groups excluding carboxylic acids is 1. The molecule has 0 aliphatic carbocycles. The number of carboxylic acids is 1. The van der Waals surface area contributed by atoms with Crippen LogP contribution in [0.1, 0.15) is 34.4 Å². The molecule has 1 heterocycles. The van der Waals surface area contributed by atoms with E-state index in [0.29, 0.717) is 23.6 Å². The number of aliphatic carboxylic acids is 1. The number of benzene rings is 1. The number of hydrogen-bond acceptors (Lipinski definition) is 3.